The van der Waals surface area contributed by atoms with Crippen molar-refractivity contribution in [2.45, 2.75) is 6.42 Å². The topological polar surface area (TPSA) is 0 Å². The minimum absolute atomic E-state index is 0.0573. The summed E-state index contributed by atoms with van der Waals surface area (Å²) in [6.07, 6.45) is 12.9. The van der Waals surface area contributed by atoms with Crippen molar-refractivity contribution in [3.8, 4) is 0 Å². The molecule has 0 spiro atoms. The lowest BCUT2D eigenvalue weighted by atomic mass is 9.78. The van der Waals surface area contributed by atoms with Gasteiger partial charge >= 0.3 is 0 Å². The Morgan fingerprint density at radius 2 is 1.92 bits per heavy atom. The Hall–Kier alpha value is -1.30. The van der Waals surface area contributed by atoms with Gasteiger partial charge in [-0.2, -0.15) is 0 Å². The third-order valence-electron chi connectivity index (χ3n) is 2.25. The summed E-state index contributed by atoms with van der Waals surface area (Å²) < 4.78 is 0. The highest BCUT2D eigenvalue weighted by Crippen LogP contribution is 2.33. The Bertz CT molecular complexity index is 256. The second kappa shape index (κ2) is 3.40. The molecule has 0 heteroatoms. The van der Waals surface area contributed by atoms with E-state index in [9.17, 15) is 0 Å². The molecule has 0 heterocycles. The first kappa shape index (κ1) is 8.79. The van der Waals surface area contributed by atoms with Gasteiger partial charge in [0, 0.05) is 5.41 Å². The molecule has 0 nitrogen and oxygen atoms in total. The molecule has 0 unspecified atom stereocenters. The van der Waals surface area contributed by atoms with Crippen LogP contribution in [0, 0.1) is 5.41 Å². The molecule has 0 atom stereocenters. The van der Waals surface area contributed by atoms with Gasteiger partial charge in [-0.1, -0.05) is 43.0 Å². The van der Waals surface area contributed by atoms with Crippen molar-refractivity contribution in [3.63, 3.8) is 0 Å². The van der Waals surface area contributed by atoms with Gasteiger partial charge in [-0.05, 0) is 12.0 Å². The molecule has 0 radical (unpaired) electrons. The average molecular weight is 158 g/mol. The minimum atomic E-state index is -0.0573. The van der Waals surface area contributed by atoms with Crippen LogP contribution >= 0.6 is 0 Å². The maximum absolute atomic E-state index is 3.81. The smallest absolute Gasteiger partial charge is 0.0280 e. The van der Waals surface area contributed by atoms with Gasteiger partial charge in [0.15, 0.2) is 0 Å². The molecule has 12 heavy (non-hydrogen) atoms. The van der Waals surface area contributed by atoms with Crippen molar-refractivity contribution in [3.05, 3.63) is 61.8 Å². The number of rotatable bonds is 3. The van der Waals surface area contributed by atoms with Crippen LogP contribution in [0.2, 0.25) is 0 Å². The molecule has 1 rings (SSSR count). The molecule has 0 amide bonds. The Morgan fingerprint density at radius 3 is 2.42 bits per heavy atom. The van der Waals surface area contributed by atoms with Gasteiger partial charge in [0.1, 0.15) is 0 Å². The Labute approximate surface area is 74.3 Å². The van der Waals surface area contributed by atoms with E-state index in [-0.39, 0.29) is 5.41 Å². The van der Waals surface area contributed by atoms with Crippen LogP contribution in [-0.2, 0) is 0 Å². The van der Waals surface area contributed by atoms with Gasteiger partial charge in [-0.25, -0.2) is 0 Å². The Kier molecular flexibility index (Phi) is 2.49. The summed E-state index contributed by atoms with van der Waals surface area (Å²) in [6, 6.07) is 0. The molecule has 1 aliphatic rings. The number of allylic oxidation sites excluding steroid dienone is 7. The van der Waals surface area contributed by atoms with Crippen molar-refractivity contribution >= 4 is 0 Å². The molecule has 0 saturated carbocycles. The lowest BCUT2D eigenvalue weighted by Crippen LogP contribution is -2.13. The van der Waals surface area contributed by atoms with Crippen LogP contribution in [0.1, 0.15) is 6.42 Å². The van der Waals surface area contributed by atoms with E-state index >= 15 is 0 Å². The molecule has 0 aromatic heterocycles. The van der Waals surface area contributed by atoms with E-state index < -0.39 is 0 Å². The predicted octanol–water partition coefficient (Wildman–Crippen LogP) is 3.42. The fraction of sp³-hybridized carbons (Fsp3) is 0.167. The fourth-order valence-corrected chi connectivity index (χ4v) is 1.33. The summed E-state index contributed by atoms with van der Waals surface area (Å²) in [4.78, 5) is 0. The molecule has 0 aromatic rings. The molecule has 0 N–H and O–H groups in total. The van der Waals surface area contributed by atoms with Crippen molar-refractivity contribution in [2.24, 2.45) is 5.41 Å². The van der Waals surface area contributed by atoms with Crippen molar-refractivity contribution in [1.82, 2.24) is 0 Å². The molecule has 0 aliphatic heterocycles. The van der Waals surface area contributed by atoms with Crippen molar-refractivity contribution in [1.29, 1.82) is 0 Å². The molecule has 1 aliphatic carbocycles. The Balaban J connectivity index is 2.94. The monoisotopic (exact) mass is 158 g/mol. The van der Waals surface area contributed by atoms with Crippen molar-refractivity contribution in [2.75, 3.05) is 0 Å². The summed E-state index contributed by atoms with van der Waals surface area (Å²) in [5, 5.41) is 0. The molecule has 0 fully saturated rings. The summed E-state index contributed by atoms with van der Waals surface area (Å²) in [7, 11) is 0. The summed E-state index contributed by atoms with van der Waals surface area (Å²) in [5.41, 5.74) is 1.18. The minimum Gasteiger partial charge on any atom is -0.102 e. The number of hydrogen-bond acceptors (Lipinski definition) is 0. The zero-order valence-corrected chi connectivity index (χ0v) is 7.29. The van der Waals surface area contributed by atoms with Gasteiger partial charge in [0.2, 0.25) is 0 Å². The summed E-state index contributed by atoms with van der Waals surface area (Å²) >= 11 is 0. The summed E-state index contributed by atoms with van der Waals surface area (Å²) in [5.74, 6) is 0. The summed E-state index contributed by atoms with van der Waals surface area (Å²) in [6.45, 7) is 11.4. The second-order valence-corrected chi connectivity index (χ2v) is 3.00. The zero-order valence-electron chi connectivity index (χ0n) is 7.29. The van der Waals surface area contributed by atoms with E-state index in [1.54, 1.807) is 0 Å². The normalized spacial score (nSPS) is 19.5. The first-order valence-electron chi connectivity index (χ1n) is 4.04. The van der Waals surface area contributed by atoms with Crippen LogP contribution in [0.5, 0.6) is 0 Å². The highest BCUT2D eigenvalue weighted by Gasteiger charge is 2.21. The average Bonchev–Trinajstić information content (AvgIpc) is 2.18. The van der Waals surface area contributed by atoms with E-state index in [1.165, 1.54) is 5.57 Å². The molecule has 62 valence electrons. The first-order chi connectivity index (χ1) is 5.76. The van der Waals surface area contributed by atoms with Gasteiger partial charge < -0.3 is 0 Å². The maximum Gasteiger partial charge on any atom is 0.0280 e. The van der Waals surface area contributed by atoms with Crippen LogP contribution in [0.4, 0.5) is 0 Å². The van der Waals surface area contributed by atoms with Gasteiger partial charge in [0.05, 0.1) is 0 Å². The largest absolute Gasteiger partial charge is 0.102 e. The van der Waals surface area contributed by atoms with E-state index in [4.69, 9.17) is 0 Å². The third kappa shape index (κ3) is 1.48. The molecule has 0 bridgehead atoms. The standard InChI is InChI=1S/C12H14/c1-4-11-8-7-9-12(5-2,6-3)10-11/h4-9H,1-3,10H2. The van der Waals surface area contributed by atoms with Crippen LogP contribution in [0.25, 0.3) is 0 Å². The molecule has 0 aromatic carbocycles. The van der Waals surface area contributed by atoms with E-state index in [1.807, 2.05) is 24.3 Å². The molecular weight excluding hydrogens is 144 g/mol. The second-order valence-electron chi connectivity index (χ2n) is 3.00. The quantitative estimate of drug-likeness (QED) is 0.552. The molecule has 0 saturated heterocycles. The molecular formula is C12H14. The van der Waals surface area contributed by atoms with Crippen LogP contribution in [0.15, 0.2) is 61.8 Å². The maximum atomic E-state index is 3.81. The van der Waals surface area contributed by atoms with Gasteiger partial charge in [0.25, 0.3) is 0 Å². The number of hydrogen-bond donors (Lipinski definition) is 0. The van der Waals surface area contributed by atoms with Gasteiger partial charge in [-0.3, -0.25) is 0 Å². The highest BCUT2D eigenvalue weighted by molar-refractivity contribution is 5.35. The van der Waals surface area contributed by atoms with Crippen molar-refractivity contribution < 1.29 is 0 Å². The van der Waals surface area contributed by atoms with Crippen LogP contribution in [-0.4, -0.2) is 0 Å². The SMILES string of the molecule is C=CC1=CC=CC(C=C)(C=C)C1. The first-order valence-corrected chi connectivity index (χ1v) is 4.04. The van der Waals surface area contributed by atoms with Crippen LogP contribution in [0.3, 0.4) is 0 Å². The highest BCUT2D eigenvalue weighted by atomic mass is 14.2. The fourth-order valence-electron chi connectivity index (χ4n) is 1.33. The lowest BCUT2D eigenvalue weighted by Gasteiger charge is -2.25. The Morgan fingerprint density at radius 1 is 1.25 bits per heavy atom. The third-order valence-corrected chi connectivity index (χ3v) is 2.25. The predicted molar refractivity (Wildman–Crippen MR) is 54.9 cm³/mol. The lowest BCUT2D eigenvalue weighted by molar-refractivity contribution is 0.623. The van der Waals surface area contributed by atoms with E-state index in [0.717, 1.165) is 6.42 Å². The zero-order chi connectivity index (χ0) is 9.03. The van der Waals surface area contributed by atoms with E-state index in [2.05, 4.69) is 31.9 Å². The van der Waals surface area contributed by atoms with Crippen LogP contribution < -0.4 is 0 Å². The van der Waals surface area contributed by atoms with E-state index in [0.29, 0.717) is 0 Å². The van der Waals surface area contributed by atoms with Gasteiger partial charge in [-0.15, -0.1) is 13.2 Å².